The molecule has 2 N–H and O–H groups in total. The second kappa shape index (κ2) is 14.0. The lowest BCUT2D eigenvalue weighted by Crippen LogP contribution is -2.46. The molecule has 6 heteroatoms. The smallest absolute Gasteiger partial charge is 0.190 e. The standard InChI is InChI=1S/C22H39N5.HI/c1-5-26(21-12-7-6-8-13-21)16-10-14-24-22(23-4)25-17-20-11-9-15-27(18-20)19(2)3;/h6-8,12-13,19-20H,5,9-11,14-18H2,1-4H3,(H2,23,24,25);1H. The van der Waals surface area contributed by atoms with Crippen LogP contribution in [0.1, 0.15) is 40.0 Å². The van der Waals surface area contributed by atoms with Gasteiger partial charge in [0.1, 0.15) is 0 Å². The van der Waals surface area contributed by atoms with E-state index in [0.29, 0.717) is 12.0 Å². The second-order valence-electron chi connectivity index (χ2n) is 7.75. The van der Waals surface area contributed by atoms with E-state index >= 15 is 0 Å². The maximum Gasteiger partial charge on any atom is 0.190 e. The summed E-state index contributed by atoms with van der Waals surface area (Å²) in [5.41, 5.74) is 1.30. The lowest BCUT2D eigenvalue weighted by Gasteiger charge is -2.35. The van der Waals surface area contributed by atoms with Crippen LogP contribution in [0.2, 0.25) is 0 Å². The van der Waals surface area contributed by atoms with Crippen molar-refractivity contribution >= 4 is 35.6 Å². The van der Waals surface area contributed by atoms with Gasteiger partial charge in [-0.25, -0.2) is 0 Å². The molecule has 160 valence electrons. The van der Waals surface area contributed by atoms with Crippen LogP contribution in [0, 0.1) is 5.92 Å². The van der Waals surface area contributed by atoms with E-state index < -0.39 is 0 Å². The van der Waals surface area contributed by atoms with Crippen LogP contribution in [0.4, 0.5) is 5.69 Å². The highest BCUT2D eigenvalue weighted by atomic mass is 127. The lowest BCUT2D eigenvalue weighted by molar-refractivity contribution is 0.141. The van der Waals surface area contributed by atoms with Crippen LogP contribution in [-0.4, -0.2) is 63.2 Å². The molecule has 1 aromatic carbocycles. The average Bonchev–Trinajstić information content (AvgIpc) is 2.71. The Bertz CT molecular complexity index is 549. The maximum atomic E-state index is 4.39. The number of aliphatic imine (C=N–C) groups is 1. The first-order valence-electron chi connectivity index (χ1n) is 10.6. The number of piperidine rings is 1. The number of halogens is 1. The van der Waals surface area contributed by atoms with Gasteiger partial charge in [0.05, 0.1) is 0 Å². The third-order valence-corrected chi connectivity index (χ3v) is 5.46. The van der Waals surface area contributed by atoms with E-state index in [1.54, 1.807) is 0 Å². The number of guanidine groups is 1. The molecule has 1 aliphatic heterocycles. The van der Waals surface area contributed by atoms with E-state index in [-0.39, 0.29) is 24.0 Å². The van der Waals surface area contributed by atoms with Crippen molar-refractivity contribution in [1.82, 2.24) is 15.5 Å². The summed E-state index contributed by atoms with van der Waals surface area (Å²) in [5.74, 6) is 1.65. The summed E-state index contributed by atoms with van der Waals surface area (Å²) in [6.07, 6.45) is 3.71. The lowest BCUT2D eigenvalue weighted by atomic mass is 9.97. The van der Waals surface area contributed by atoms with Gasteiger partial charge in [-0.15, -0.1) is 24.0 Å². The fourth-order valence-corrected chi connectivity index (χ4v) is 3.78. The molecule has 28 heavy (non-hydrogen) atoms. The van der Waals surface area contributed by atoms with E-state index in [1.165, 1.54) is 31.6 Å². The van der Waals surface area contributed by atoms with Crippen LogP contribution >= 0.6 is 24.0 Å². The van der Waals surface area contributed by atoms with Crippen LogP contribution in [0.5, 0.6) is 0 Å². The molecule has 0 bridgehead atoms. The summed E-state index contributed by atoms with van der Waals surface area (Å²) in [4.78, 5) is 9.40. The number of rotatable bonds is 9. The van der Waals surface area contributed by atoms with Crippen molar-refractivity contribution in [3.05, 3.63) is 30.3 Å². The number of hydrogen-bond donors (Lipinski definition) is 2. The van der Waals surface area contributed by atoms with Gasteiger partial charge >= 0.3 is 0 Å². The molecule has 0 spiro atoms. The summed E-state index contributed by atoms with van der Waals surface area (Å²) < 4.78 is 0. The van der Waals surface area contributed by atoms with Crippen LogP contribution < -0.4 is 15.5 Å². The first-order valence-corrected chi connectivity index (χ1v) is 10.6. The fourth-order valence-electron chi connectivity index (χ4n) is 3.78. The minimum absolute atomic E-state index is 0. The van der Waals surface area contributed by atoms with Crippen molar-refractivity contribution in [2.45, 2.75) is 46.1 Å². The molecule has 0 aliphatic carbocycles. The number of hydrogen-bond acceptors (Lipinski definition) is 3. The minimum Gasteiger partial charge on any atom is -0.372 e. The highest BCUT2D eigenvalue weighted by molar-refractivity contribution is 14.0. The normalized spacial score (nSPS) is 17.9. The van der Waals surface area contributed by atoms with E-state index in [2.05, 4.69) is 76.5 Å². The summed E-state index contributed by atoms with van der Waals surface area (Å²) >= 11 is 0. The summed E-state index contributed by atoms with van der Waals surface area (Å²) in [6.45, 7) is 13.3. The van der Waals surface area contributed by atoms with Gasteiger partial charge in [-0.05, 0) is 64.6 Å². The van der Waals surface area contributed by atoms with Crippen LogP contribution in [0.15, 0.2) is 35.3 Å². The molecule has 1 aromatic rings. The zero-order valence-corrected chi connectivity index (χ0v) is 20.5. The van der Waals surface area contributed by atoms with Gasteiger partial charge in [0.15, 0.2) is 5.96 Å². The number of nitrogens with zero attached hydrogens (tertiary/aromatic N) is 3. The molecule has 5 nitrogen and oxygen atoms in total. The molecular weight excluding hydrogens is 461 g/mol. The molecule has 0 amide bonds. The molecule has 1 fully saturated rings. The quantitative estimate of drug-likeness (QED) is 0.234. The number of para-hydroxylation sites is 1. The van der Waals surface area contributed by atoms with Gasteiger partial charge in [0, 0.05) is 51.5 Å². The van der Waals surface area contributed by atoms with Crippen molar-refractivity contribution in [2.24, 2.45) is 10.9 Å². The molecule has 1 aliphatic rings. The molecule has 0 radical (unpaired) electrons. The Morgan fingerprint density at radius 1 is 1.25 bits per heavy atom. The average molecular weight is 502 g/mol. The molecule has 1 heterocycles. The Balaban J connectivity index is 0.00000392. The van der Waals surface area contributed by atoms with E-state index in [9.17, 15) is 0 Å². The van der Waals surface area contributed by atoms with Gasteiger partial charge in [-0.3, -0.25) is 4.99 Å². The summed E-state index contributed by atoms with van der Waals surface area (Å²) in [7, 11) is 1.86. The predicted molar refractivity (Wildman–Crippen MR) is 133 cm³/mol. The number of anilines is 1. The highest BCUT2D eigenvalue weighted by Gasteiger charge is 2.21. The van der Waals surface area contributed by atoms with Crippen molar-refractivity contribution in [1.29, 1.82) is 0 Å². The third-order valence-electron chi connectivity index (χ3n) is 5.46. The highest BCUT2D eigenvalue weighted by Crippen LogP contribution is 2.17. The summed E-state index contributed by atoms with van der Waals surface area (Å²) in [6, 6.07) is 11.3. The Labute approximate surface area is 189 Å². The molecule has 1 saturated heterocycles. The van der Waals surface area contributed by atoms with E-state index in [4.69, 9.17) is 0 Å². The van der Waals surface area contributed by atoms with Gasteiger partial charge in [0.2, 0.25) is 0 Å². The molecule has 0 aromatic heterocycles. The largest absolute Gasteiger partial charge is 0.372 e. The Hall–Kier alpha value is -1.02. The van der Waals surface area contributed by atoms with Gasteiger partial charge in [-0.2, -0.15) is 0 Å². The van der Waals surface area contributed by atoms with Crippen molar-refractivity contribution < 1.29 is 0 Å². The predicted octanol–water partition coefficient (Wildman–Crippen LogP) is 3.81. The third kappa shape index (κ3) is 8.55. The minimum atomic E-state index is 0. The van der Waals surface area contributed by atoms with Gasteiger partial charge in [0.25, 0.3) is 0 Å². The van der Waals surface area contributed by atoms with Crippen molar-refractivity contribution in [3.63, 3.8) is 0 Å². The first-order chi connectivity index (χ1) is 13.1. The zero-order chi connectivity index (χ0) is 19.5. The van der Waals surface area contributed by atoms with Crippen LogP contribution in [0.3, 0.4) is 0 Å². The molecule has 1 unspecified atom stereocenters. The Morgan fingerprint density at radius 3 is 2.64 bits per heavy atom. The van der Waals surface area contributed by atoms with Crippen molar-refractivity contribution in [2.75, 3.05) is 51.2 Å². The van der Waals surface area contributed by atoms with Gasteiger partial charge < -0.3 is 20.4 Å². The number of nitrogens with one attached hydrogen (secondary N) is 2. The van der Waals surface area contributed by atoms with Crippen LogP contribution in [-0.2, 0) is 0 Å². The van der Waals surface area contributed by atoms with Crippen molar-refractivity contribution in [3.8, 4) is 0 Å². The second-order valence-corrected chi connectivity index (χ2v) is 7.75. The number of benzene rings is 1. The zero-order valence-electron chi connectivity index (χ0n) is 18.2. The maximum absolute atomic E-state index is 4.39. The Kier molecular flexibility index (Phi) is 12.5. The Morgan fingerprint density at radius 2 is 2.00 bits per heavy atom. The van der Waals surface area contributed by atoms with Crippen LogP contribution in [0.25, 0.3) is 0 Å². The molecule has 0 saturated carbocycles. The molecule has 1 atom stereocenters. The monoisotopic (exact) mass is 501 g/mol. The fraction of sp³-hybridized carbons (Fsp3) is 0.682. The number of likely N-dealkylation sites (tertiary alicyclic amines) is 1. The topological polar surface area (TPSA) is 42.9 Å². The van der Waals surface area contributed by atoms with Gasteiger partial charge in [-0.1, -0.05) is 18.2 Å². The first kappa shape index (κ1) is 25.0. The van der Waals surface area contributed by atoms with E-state index in [0.717, 1.165) is 38.6 Å². The summed E-state index contributed by atoms with van der Waals surface area (Å²) in [5, 5.41) is 7.00. The SMILES string of the molecule is CCN(CCCNC(=NC)NCC1CCCN(C(C)C)C1)c1ccccc1.I. The molecular formula is C22H40IN5. The van der Waals surface area contributed by atoms with E-state index in [1.807, 2.05) is 7.05 Å². The molecule has 2 rings (SSSR count).